The van der Waals surface area contributed by atoms with E-state index >= 15 is 0 Å². The first-order valence-electron chi connectivity index (χ1n) is 11.4. The van der Waals surface area contributed by atoms with Gasteiger partial charge in [0.15, 0.2) is 0 Å². The number of aromatic nitrogens is 1. The van der Waals surface area contributed by atoms with Crippen molar-refractivity contribution in [3.05, 3.63) is 78.0 Å². The molecule has 0 aliphatic carbocycles. The summed E-state index contributed by atoms with van der Waals surface area (Å²) in [7, 11) is -1.61. The Labute approximate surface area is 206 Å². The molecule has 1 aliphatic rings. The minimum atomic E-state index is -3.58. The minimum absolute atomic E-state index is 0.130. The Morgan fingerprint density at radius 3 is 2.37 bits per heavy atom. The lowest BCUT2D eigenvalue weighted by Crippen LogP contribution is -2.47. The van der Waals surface area contributed by atoms with Crippen LogP contribution in [0.1, 0.15) is 11.1 Å². The van der Waals surface area contributed by atoms with Crippen molar-refractivity contribution in [2.75, 3.05) is 38.7 Å². The number of anilines is 1. The molecular formula is C25H30N6O3S. The number of carbonyl (C=O) groups is 1. The molecule has 0 saturated carbocycles. The Morgan fingerprint density at radius 2 is 1.69 bits per heavy atom. The van der Waals surface area contributed by atoms with Crippen LogP contribution in [0.5, 0.6) is 0 Å². The zero-order valence-electron chi connectivity index (χ0n) is 19.9. The van der Waals surface area contributed by atoms with Crippen molar-refractivity contribution in [1.82, 2.24) is 24.9 Å². The van der Waals surface area contributed by atoms with Crippen molar-refractivity contribution in [2.24, 2.45) is 0 Å². The fourth-order valence-corrected chi connectivity index (χ4v) is 5.19. The minimum Gasteiger partial charge on any atom is -0.333 e. The quantitative estimate of drug-likeness (QED) is 0.436. The third-order valence-corrected chi connectivity index (χ3v) is 7.75. The lowest BCUT2D eigenvalue weighted by molar-refractivity contribution is 0.222. The third-order valence-electron chi connectivity index (χ3n) is 5.87. The van der Waals surface area contributed by atoms with Gasteiger partial charge in [0.1, 0.15) is 10.7 Å². The van der Waals surface area contributed by atoms with E-state index < -0.39 is 16.1 Å². The predicted molar refractivity (Wildman–Crippen MR) is 136 cm³/mol. The summed E-state index contributed by atoms with van der Waals surface area (Å²) in [4.78, 5) is 18.6. The molecule has 0 atom stereocenters. The summed E-state index contributed by atoms with van der Waals surface area (Å²) in [5, 5.41) is 2.79. The van der Waals surface area contributed by atoms with Crippen molar-refractivity contribution >= 4 is 21.9 Å². The number of benzene rings is 2. The fraction of sp³-hybridized carbons (Fsp3) is 0.280. The maximum absolute atomic E-state index is 12.8. The molecular weight excluding hydrogens is 464 g/mol. The average Bonchev–Trinajstić information content (AvgIpc) is 2.87. The van der Waals surface area contributed by atoms with Gasteiger partial charge in [-0.05, 0) is 48.9 Å². The number of amides is 2. The largest absolute Gasteiger partial charge is 0.333 e. The van der Waals surface area contributed by atoms with Gasteiger partial charge in [0.05, 0.1) is 0 Å². The van der Waals surface area contributed by atoms with E-state index in [1.807, 2.05) is 37.4 Å². The first-order valence-corrected chi connectivity index (χ1v) is 12.9. The van der Waals surface area contributed by atoms with Gasteiger partial charge in [-0.1, -0.05) is 48.0 Å². The van der Waals surface area contributed by atoms with Gasteiger partial charge in [0.25, 0.3) is 0 Å². The van der Waals surface area contributed by atoms with Crippen LogP contribution in [0.4, 0.5) is 10.6 Å². The van der Waals surface area contributed by atoms with Crippen molar-refractivity contribution in [1.29, 1.82) is 0 Å². The first kappa shape index (κ1) is 24.6. The molecule has 184 valence electrons. The SMILES string of the molecule is Cc1cccc(-c2cccc(CNC(=O)NNc3ccc(S(=O)(=O)N4CCN(C)CC4)cn3)c2)c1. The molecule has 2 heterocycles. The fourth-order valence-electron chi connectivity index (χ4n) is 3.82. The second-order valence-corrected chi connectivity index (χ2v) is 10.5. The Kier molecular flexibility index (Phi) is 7.64. The van der Waals surface area contributed by atoms with Crippen LogP contribution in [-0.4, -0.2) is 61.9 Å². The van der Waals surface area contributed by atoms with Crippen molar-refractivity contribution < 1.29 is 13.2 Å². The van der Waals surface area contributed by atoms with Crippen LogP contribution in [0.3, 0.4) is 0 Å². The van der Waals surface area contributed by atoms with Crippen LogP contribution in [0.15, 0.2) is 71.8 Å². The maximum atomic E-state index is 12.8. The van der Waals surface area contributed by atoms with Gasteiger partial charge in [0.2, 0.25) is 10.0 Å². The lowest BCUT2D eigenvalue weighted by atomic mass is 10.0. The van der Waals surface area contributed by atoms with Crippen LogP contribution >= 0.6 is 0 Å². The topological polar surface area (TPSA) is 107 Å². The van der Waals surface area contributed by atoms with E-state index in [0.29, 0.717) is 38.5 Å². The van der Waals surface area contributed by atoms with E-state index in [1.165, 1.54) is 28.2 Å². The summed E-state index contributed by atoms with van der Waals surface area (Å²) in [6, 6.07) is 18.8. The van der Waals surface area contributed by atoms with Crippen LogP contribution in [0, 0.1) is 6.92 Å². The number of hydrogen-bond acceptors (Lipinski definition) is 6. The highest BCUT2D eigenvalue weighted by Gasteiger charge is 2.27. The highest BCUT2D eigenvalue weighted by atomic mass is 32.2. The van der Waals surface area contributed by atoms with Gasteiger partial charge in [-0.15, -0.1) is 0 Å². The van der Waals surface area contributed by atoms with Gasteiger partial charge < -0.3 is 10.2 Å². The summed E-state index contributed by atoms with van der Waals surface area (Å²) in [5.74, 6) is 0.332. The molecule has 10 heteroatoms. The van der Waals surface area contributed by atoms with Crippen molar-refractivity contribution in [3.63, 3.8) is 0 Å². The highest BCUT2D eigenvalue weighted by Crippen LogP contribution is 2.21. The van der Waals surface area contributed by atoms with Crippen molar-refractivity contribution in [2.45, 2.75) is 18.4 Å². The van der Waals surface area contributed by atoms with E-state index in [-0.39, 0.29) is 4.90 Å². The molecule has 1 fully saturated rings. The molecule has 0 radical (unpaired) electrons. The molecule has 1 saturated heterocycles. The number of hydrogen-bond donors (Lipinski definition) is 3. The summed E-state index contributed by atoms with van der Waals surface area (Å²) < 4.78 is 27.0. The zero-order chi connectivity index (χ0) is 24.8. The smallest absolute Gasteiger partial charge is 0.333 e. The summed E-state index contributed by atoms with van der Waals surface area (Å²) in [6.07, 6.45) is 1.30. The number of aryl methyl sites for hydroxylation is 1. The number of nitrogens with one attached hydrogen (secondary N) is 3. The molecule has 2 amide bonds. The molecule has 2 aromatic carbocycles. The number of nitrogens with zero attached hydrogens (tertiary/aromatic N) is 3. The van der Waals surface area contributed by atoms with Crippen LogP contribution < -0.4 is 16.2 Å². The zero-order valence-corrected chi connectivity index (χ0v) is 20.7. The lowest BCUT2D eigenvalue weighted by Gasteiger charge is -2.31. The molecule has 4 rings (SSSR count). The first-order chi connectivity index (χ1) is 16.8. The number of pyridine rings is 1. The molecule has 0 spiro atoms. The molecule has 1 aromatic heterocycles. The number of likely N-dealkylation sites (N-methyl/N-ethyl adjacent to an activating group) is 1. The number of sulfonamides is 1. The standard InChI is InChI=1S/C25H30N6O3S/c1-19-5-3-7-21(15-19)22-8-4-6-20(16-22)17-27-25(32)29-28-24-10-9-23(18-26-24)35(33,34)31-13-11-30(2)12-14-31/h3-10,15-16,18H,11-14,17H2,1-2H3,(H,26,28)(H2,27,29,32). The number of urea groups is 1. The van der Waals surface area contributed by atoms with E-state index in [1.54, 1.807) is 0 Å². The molecule has 3 aromatic rings. The van der Waals surface area contributed by atoms with Crippen LogP contribution in [0.2, 0.25) is 0 Å². The third kappa shape index (κ3) is 6.36. The normalized spacial score (nSPS) is 14.9. The van der Waals surface area contributed by atoms with Gasteiger partial charge in [-0.25, -0.2) is 18.2 Å². The Balaban J connectivity index is 1.28. The van der Waals surface area contributed by atoms with Gasteiger partial charge >= 0.3 is 6.03 Å². The Morgan fingerprint density at radius 1 is 0.971 bits per heavy atom. The molecule has 1 aliphatic heterocycles. The molecule has 0 unspecified atom stereocenters. The van der Waals surface area contributed by atoms with Crippen molar-refractivity contribution in [3.8, 4) is 11.1 Å². The van der Waals surface area contributed by atoms with Crippen LogP contribution in [0.25, 0.3) is 11.1 Å². The maximum Gasteiger partial charge on any atom is 0.333 e. The monoisotopic (exact) mass is 494 g/mol. The predicted octanol–water partition coefficient (Wildman–Crippen LogP) is 2.82. The number of carbonyl (C=O) groups excluding carboxylic acids is 1. The Hall–Kier alpha value is -3.47. The average molecular weight is 495 g/mol. The second-order valence-electron chi connectivity index (χ2n) is 8.59. The highest BCUT2D eigenvalue weighted by molar-refractivity contribution is 7.89. The van der Waals surface area contributed by atoms with Gasteiger partial charge in [-0.3, -0.25) is 10.9 Å². The van der Waals surface area contributed by atoms with E-state index in [9.17, 15) is 13.2 Å². The van der Waals surface area contributed by atoms with E-state index in [2.05, 4.69) is 51.2 Å². The second kappa shape index (κ2) is 10.9. The van der Waals surface area contributed by atoms with E-state index in [0.717, 1.165) is 16.7 Å². The van der Waals surface area contributed by atoms with Crippen LogP contribution in [-0.2, 0) is 16.6 Å². The molecule has 9 nitrogen and oxygen atoms in total. The number of hydrazine groups is 1. The van der Waals surface area contributed by atoms with Gasteiger partial charge in [0, 0.05) is 38.9 Å². The molecule has 0 bridgehead atoms. The Bertz CT molecular complexity index is 1270. The summed E-state index contributed by atoms with van der Waals surface area (Å²) in [5.41, 5.74) is 9.59. The van der Waals surface area contributed by atoms with Gasteiger partial charge in [-0.2, -0.15) is 4.31 Å². The number of rotatable bonds is 7. The number of piperazine rings is 1. The molecule has 3 N–H and O–H groups in total. The molecule has 35 heavy (non-hydrogen) atoms. The van der Waals surface area contributed by atoms with E-state index in [4.69, 9.17) is 0 Å². The summed E-state index contributed by atoms with van der Waals surface area (Å²) >= 11 is 0. The summed E-state index contributed by atoms with van der Waals surface area (Å²) in [6.45, 7) is 4.70.